The van der Waals surface area contributed by atoms with Gasteiger partial charge in [-0.1, -0.05) is 11.6 Å². The molecule has 2 N–H and O–H groups in total. The number of nitrogens with one attached hydrogen (secondary N) is 1. The van der Waals surface area contributed by atoms with Gasteiger partial charge in [0.2, 0.25) is 5.89 Å². The molecule has 19 heavy (non-hydrogen) atoms. The third-order valence-corrected chi connectivity index (χ3v) is 2.98. The quantitative estimate of drug-likeness (QED) is 0.896. The molecule has 100 valence electrons. The van der Waals surface area contributed by atoms with Crippen LogP contribution < -0.4 is 5.32 Å². The number of aromatic carboxylic acids is 1. The molecular formula is C12H12ClN3O3. The number of oxazole rings is 1. The van der Waals surface area contributed by atoms with Crippen molar-refractivity contribution in [1.82, 2.24) is 9.97 Å². The second kappa shape index (κ2) is 5.27. The Bertz CT molecular complexity index is 605. The van der Waals surface area contributed by atoms with Crippen LogP contribution in [0.5, 0.6) is 0 Å². The van der Waals surface area contributed by atoms with Gasteiger partial charge in [-0.25, -0.2) is 14.8 Å². The highest BCUT2D eigenvalue weighted by Crippen LogP contribution is 2.24. The molecule has 0 saturated carbocycles. The molecule has 0 atom stereocenters. The normalized spacial score (nSPS) is 10.5. The fraction of sp³-hybridized carbons (Fsp3) is 0.250. The van der Waals surface area contributed by atoms with Crippen LogP contribution in [0.4, 0.5) is 5.82 Å². The summed E-state index contributed by atoms with van der Waals surface area (Å²) in [7, 11) is 0. The maximum atomic E-state index is 10.9. The molecule has 0 fully saturated rings. The van der Waals surface area contributed by atoms with Gasteiger partial charge < -0.3 is 14.8 Å². The second-order valence-electron chi connectivity index (χ2n) is 3.93. The first-order chi connectivity index (χ1) is 8.99. The molecule has 0 aliphatic carbocycles. The van der Waals surface area contributed by atoms with E-state index in [1.54, 1.807) is 0 Å². The third-order valence-electron chi connectivity index (χ3n) is 2.60. The Morgan fingerprint density at radius 2 is 2.26 bits per heavy atom. The van der Waals surface area contributed by atoms with Gasteiger partial charge in [-0.2, -0.15) is 0 Å². The molecule has 0 aliphatic heterocycles. The average molecular weight is 282 g/mol. The molecule has 0 amide bonds. The van der Waals surface area contributed by atoms with E-state index >= 15 is 0 Å². The number of aromatic nitrogens is 2. The van der Waals surface area contributed by atoms with Crippen LogP contribution in [0.25, 0.3) is 0 Å². The first-order valence-corrected chi connectivity index (χ1v) is 5.91. The summed E-state index contributed by atoms with van der Waals surface area (Å²) in [5.41, 5.74) is 0.814. The van der Waals surface area contributed by atoms with Crippen molar-refractivity contribution >= 4 is 23.4 Å². The Kier molecular flexibility index (Phi) is 3.71. The van der Waals surface area contributed by atoms with Crippen molar-refractivity contribution in [1.29, 1.82) is 0 Å². The lowest BCUT2D eigenvalue weighted by Crippen LogP contribution is -2.06. The minimum absolute atomic E-state index is 0.000989. The van der Waals surface area contributed by atoms with Crippen LogP contribution in [0.3, 0.4) is 0 Å². The zero-order valence-electron chi connectivity index (χ0n) is 10.4. The highest BCUT2D eigenvalue weighted by Gasteiger charge is 2.14. The predicted molar refractivity (Wildman–Crippen MR) is 69.5 cm³/mol. The van der Waals surface area contributed by atoms with E-state index in [4.69, 9.17) is 21.1 Å². The number of aryl methyl sites for hydroxylation is 2. The van der Waals surface area contributed by atoms with Gasteiger partial charge in [-0.3, -0.25) is 0 Å². The van der Waals surface area contributed by atoms with Crippen LogP contribution in [-0.4, -0.2) is 21.0 Å². The summed E-state index contributed by atoms with van der Waals surface area (Å²) in [5, 5.41) is 11.9. The van der Waals surface area contributed by atoms with E-state index in [0.717, 1.165) is 11.5 Å². The van der Waals surface area contributed by atoms with Crippen LogP contribution in [0.1, 0.15) is 27.7 Å². The number of pyridine rings is 1. The topological polar surface area (TPSA) is 88.2 Å². The molecule has 6 nitrogen and oxygen atoms in total. The summed E-state index contributed by atoms with van der Waals surface area (Å²) < 4.78 is 5.39. The molecule has 2 aromatic heterocycles. The van der Waals surface area contributed by atoms with Gasteiger partial charge in [0, 0.05) is 6.20 Å². The van der Waals surface area contributed by atoms with Crippen molar-refractivity contribution in [3.63, 3.8) is 0 Å². The molecule has 0 aliphatic rings. The van der Waals surface area contributed by atoms with E-state index in [1.165, 1.54) is 12.3 Å². The molecule has 0 unspecified atom stereocenters. The Labute approximate surface area is 114 Å². The lowest BCUT2D eigenvalue weighted by molar-refractivity contribution is 0.0697. The zero-order chi connectivity index (χ0) is 14.0. The van der Waals surface area contributed by atoms with E-state index in [1.807, 2.05) is 13.8 Å². The predicted octanol–water partition coefficient (Wildman–Crippen LogP) is 2.65. The summed E-state index contributed by atoms with van der Waals surface area (Å²) in [6.07, 6.45) is 1.38. The lowest BCUT2D eigenvalue weighted by Gasteiger charge is -2.06. The zero-order valence-corrected chi connectivity index (χ0v) is 11.2. The monoisotopic (exact) mass is 281 g/mol. The molecule has 2 heterocycles. The van der Waals surface area contributed by atoms with Crippen molar-refractivity contribution < 1.29 is 14.3 Å². The molecule has 0 saturated heterocycles. The fourth-order valence-electron chi connectivity index (χ4n) is 1.51. The van der Waals surface area contributed by atoms with Crippen molar-refractivity contribution in [3.05, 3.63) is 40.2 Å². The molecule has 0 bridgehead atoms. The van der Waals surface area contributed by atoms with Crippen LogP contribution >= 0.6 is 11.6 Å². The Balaban J connectivity index is 2.16. The number of rotatable bonds is 4. The van der Waals surface area contributed by atoms with E-state index in [-0.39, 0.29) is 22.9 Å². The summed E-state index contributed by atoms with van der Waals surface area (Å²) in [6, 6.07) is 1.34. The first kappa shape index (κ1) is 13.4. The third kappa shape index (κ3) is 2.85. The number of carbonyl (C=O) groups is 1. The van der Waals surface area contributed by atoms with Crippen LogP contribution in [0.2, 0.25) is 5.02 Å². The Morgan fingerprint density at radius 3 is 2.84 bits per heavy atom. The van der Waals surface area contributed by atoms with Gasteiger partial charge in [0.1, 0.15) is 11.6 Å². The average Bonchev–Trinajstić information content (AvgIpc) is 2.67. The van der Waals surface area contributed by atoms with E-state index in [0.29, 0.717) is 5.89 Å². The summed E-state index contributed by atoms with van der Waals surface area (Å²) in [6.45, 7) is 3.95. The van der Waals surface area contributed by atoms with Gasteiger partial charge in [-0.05, 0) is 19.9 Å². The van der Waals surface area contributed by atoms with E-state index in [2.05, 4.69) is 15.3 Å². The van der Waals surface area contributed by atoms with Crippen molar-refractivity contribution in [2.24, 2.45) is 0 Å². The molecule has 0 spiro atoms. The number of hydrogen-bond acceptors (Lipinski definition) is 5. The number of carboxylic acids is 1. The maximum absolute atomic E-state index is 10.9. The van der Waals surface area contributed by atoms with Crippen molar-refractivity contribution in [2.45, 2.75) is 20.4 Å². The number of hydrogen-bond donors (Lipinski definition) is 2. The van der Waals surface area contributed by atoms with Gasteiger partial charge >= 0.3 is 5.97 Å². The van der Waals surface area contributed by atoms with Crippen LogP contribution in [-0.2, 0) is 6.54 Å². The van der Waals surface area contributed by atoms with E-state index in [9.17, 15) is 4.79 Å². The van der Waals surface area contributed by atoms with Crippen molar-refractivity contribution in [3.8, 4) is 0 Å². The Hall–Kier alpha value is -2.08. The Morgan fingerprint density at radius 1 is 1.53 bits per heavy atom. The van der Waals surface area contributed by atoms with Crippen LogP contribution in [0.15, 0.2) is 16.7 Å². The SMILES string of the molecule is Cc1nc(CNc2nccc(C(=O)O)c2Cl)oc1C. The van der Waals surface area contributed by atoms with Crippen LogP contribution in [0, 0.1) is 13.8 Å². The molecular weight excluding hydrogens is 270 g/mol. The molecule has 2 aromatic rings. The van der Waals surface area contributed by atoms with Gasteiger partial charge in [-0.15, -0.1) is 0 Å². The van der Waals surface area contributed by atoms with Gasteiger partial charge in [0.15, 0.2) is 0 Å². The summed E-state index contributed by atoms with van der Waals surface area (Å²) in [4.78, 5) is 19.1. The van der Waals surface area contributed by atoms with E-state index < -0.39 is 5.97 Å². The smallest absolute Gasteiger partial charge is 0.337 e. The highest BCUT2D eigenvalue weighted by atomic mass is 35.5. The standard InChI is InChI=1S/C12H12ClN3O3/c1-6-7(2)19-9(16-6)5-15-11-10(13)8(12(17)18)3-4-14-11/h3-4H,5H2,1-2H3,(H,14,15)(H,17,18). The second-order valence-corrected chi connectivity index (χ2v) is 4.31. The molecule has 7 heteroatoms. The molecule has 2 rings (SSSR count). The van der Waals surface area contributed by atoms with Gasteiger partial charge in [0.25, 0.3) is 0 Å². The summed E-state index contributed by atoms with van der Waals surface area (Å²) >= 11 is 5.95. The van der Waals surface area contributed by atoms with Gasteiger partial charge in [0.05, 0.1) is 22.8 Å². The fourth-order valence-corrected chi connectivity index (χ4v) is 1.77. The minimum Gasteiger partial charge on any atom is -0.478 e. The van der Waals surface area contributed by atoms with Crippen molar-refractivity contribution in [2.75, 3.05) is 5.32 Å². The number of halogens is 1. The first-order valence-electron chi connectivity index (χ1n) is 5.53. The minimum atomic E-state index is -1.10. The molecule has 0 radical (unpaired) electrons. The number of nitrogens with zero attached hydrogens (tertiary/aromatic N) is 2. The number of carboxylic acid groups (broad SMARTS) is 1. The highest BCUT2D eigenvalue weighted by molar-refractivity contribution is 6.35. The lowest BCUT2D eigenvalue weighted by atomic mass is 10.2. The molecule has 0 aromatic carbocycles. The maximum Gasteiger partial charge on any atom is 0.337 e. The largest absolute Gasteiger partial charge is 0.478 e. The summed E-state index contributed by atoms with van der Waals surface area (Å²) in [5.74, 6) is 0.428. The number of anilines is 1.